The van der Waals surface area contributed by atoms with Crippen molar-refractivity contribution in [1.29, 1.82) is 0 Å². The molecule has 16 heavy (non-hydrogen) atoms. The number of nitrogens with zero attached hydrogens (tertiary/aromatic N) is 1. The Hall–Kier alpha value is -0.730. The number of hydrogen-bond acceptors (Lipinski definition) is 2. The highest BCUT2D eigenvalue weighted by Crippen LogP contribution is 2.32. The van der Waals surface area contributed by atoms with Gasteiger partial charge in [0.05, 0.1) is 0 Å². The van der Waals surface area contributed by atoms with Gasteiger partial charge in [-0.1, -0.05) is 31.5 Å². The fourth-order valence-corrected chi connectivity index (χ4v) is 2.45. The SMILES string of the molecule is CC(C)c1ccc(Cl)cc1N1CC[C@H](N)C1. The number of anilines is 1. The normalized spacial score (nSPS) is 20.8. The summed E-state index contributed by atoms with van der Waals surface area (Å²) in [5.41, 5.74) is 8.57. The molecule has 0 aromatic heterocycles. The van der Waals surface area contributed by atoms with E-state index in [2.05, 4.69) is 30.9 Å². The van der Waals surface area contributed by atoms with E-state index < -0.39 is 0 Å². The fraction of sp³-hybridized carbons (Fsp3) is 0.538. The molecule has 0 saturated carbocycles. The second-order valence-corrected chi connectivity index (χ2v) is 5.29. The molecule has 1 aromatic rings. The van der Waals surface area contributed by atoms with E-state index in [9.17, 15) is 0 Å². The van der Waals surface area contributed by atoms with Gasteiger partial charge < -0.3 is 10.6 Å². The summed E-state index contributed by atoms with van der Waals surface area (Å²) in [5, 5.41) is 0.805. The lowest BCUT2D eigenvalue weighted by Gasteiger charge is -2.23. The molecule has 2 rings (SSSR count). The zero-order chi connectivity index (χ0) is 11.7. The van der Waals surface area contributed by atoms with Gasteiger partial charge in [0.25, 0.3) is 0 Å². The number of rotatable bonds is 2. The maximum absolute atomic E-state index is 6.08. The minimum Gasteiger partial charge on any atom is -0.370 e. The van der Waals surface area contributed by atoms with Gasteiger partial charge in [0.1, 0.15) is 0 Å². The molecule has 0 unspecified atom stereocenters. The molecule has 2 nitrogen and oxygen atoms in total. The topological polar surface area (TPSA) is 29.3 Å². The third-order valence-electron chi connectivity index (χ3n) is 3.18. The Labute approximate surface area is 102 Å². The lowest BCUT2D eigenvalue weighted by atomic mass is 10.0. The summed E-state index contributed by atoms with van der Waals surface area (Å²) >= 11 is 6.08. The first-order chi connectivity index (χ1) is 7.58. The van der Waals surface area contributed by atoms with Crippen molar-refractivity contribution in [2.45, 2.75) is 32.2 Å². The van der Waals surface area contributed by atoms with Gasteiger partial charge in [0, 0.05) is 29.8 Å². The molecule has 0 aliphatic carbocycles. The van der Waals surface area contributed by atoms with Crippen LogP contribution in [0.2, 0.25) is 5.02 Å². The molecule has 0 bridgehead atoms. The summed E-state index contributed by atoms with van der Waals surface area (Å²) in [6, 6.07) is 6.47. The summed E-state index contributed by atoms with van der Waals surface area (Å²) in [7, 11) is 0. The quantitative estimate of drug-likeness (QED) is 0.858. The first kappa shape index (κ1) is 11.7. The van der Waals surface area contributed by atoms with Gasteiger partial charge in [-0.05, 0) is 30.0 Å². The second-order valence-electron chi connectivity index (χ2n) is 4.85. The van der Waals surface area contributed by atoms with Crippen LogP contribution in [0.5, 0.6) is 0 Å². The van der Waals surface area contributed by atoms with E-state index in [4.69, 9.17) is 17.3 Å². The molecule has 0 amide bonds. The van der Waals surface area contributed by atoms with Gasteiger partial charge in [0.2, 0.25) is 0 Å². The van der Waals surface area contributed by atoms with Gasteiger partial charge >= 0.3 is 0 Å². The van der Waals surface area contributed by atoms with Crippen molar-refractivity contribution in [3.05, 3.63) is 28.8 Å². The Morgan fingerprint density at radius 2 is 2.19 bits per heavy atom. The van der Waals surface area contributed by atoms with Crippen LogP contribution in [0, 0.1) is 0 Å². The summed E-state index contributed by atoms with van der Waals surface area (Å²) in [6.07, 6.45) is 1.07. The van der Waals surface area contributed by atoms with E-state index in [-0.39, 0.29) is 0 Å². The van der Waals surface area contributed by atoms with Gasteiger partial charge in [-0.25, -0.2) is 0 Å². The highest BCUT2D eigenvalue weighted by Gasteiger charge is 2.22. The first-order valence-electron chi connectivity index (χ1n) is 5.88. The van der Waals surface area contributed by atoms with E-state index in [1.165, 1.54) is 11.3 Å². The van der Waals surface area contributed by atoms with Crippen molar-refractivity contribution in [3.8, 4) is 0 Å². The highest BCUT2D eigenvalue weighted by molar-refractivity contribution is 6.30. The third-order valence-corrected chi connectivity index (χ3v) is 3.41. The van der Waals surface area contributed by atoms with Crippen molar-refractivity contribution in [2.24, 2.45) is 5.73 Å². The largest absolute Gasteiger partial charge is 0.370 e. The summed E-state index contributed by atoms with van der Waals surface area (Å²) in [6.45, 7) is 6.41. The molecule has 1 atom stereocenters. The van der Waals surface area contributed by atoms with Gasteiger partial charge in [-0.2, -0.15) is 0 Å². The highest BCUT2D eigenvalue weighted by atomic mass is 35.5. The van der Waals surface area contributed by atoms with Crippen molar-refractivity contribution < 1.29 is 0 Å². The molecular formula is C13H19ClN2. The van der Waals surface area contributed by atoms with Crippen LogP contribution >= 0.6 is 11.6 Å². The predicted molar refractivity (Wildman–Crippen MR) is 70.3 cm³/mol. The van der Waals surface area contributed by atoms with Crippen LogP contribution in [-0.2, 0) is 0 Å². The molecular weight excluding hydrogens is 220 g/mol. The Kier molecular flexibility index (Phi) is 3.41. The van der Waals surface area contributed by atoms with E-state index in [1.807, 2.05) is 6.07 Å². The van der Waals surface area contributed by atoms with Gasteiger partial charge in [0.15, 0.2) is 0 Å². The van der Waals surface area contributed by atoms with E-state index in [0.717, 1.165) is 24.5 Å². The maximum Gasteiger partial charge on any atom is 0.0426 e. The Morgan fingerprint density at radius 3 is 2.75 bits per heavy atom. The van der Waals surface area contributed by atoms with Crippen molar-refractivity contribution >= 4 is 17.3 Å². The van der Waals surface area contributed by atoms with Crippen LogP contribution in [0.1, 0.15) is 31.7 Å². The molecule has 0 spiro atoms. The molecule has 88 valence electrons. The summed E-state index contributed by atoms with van der Waals surface area (Å²) in [4.78, 5) is 2.35. The van der Waals surface area contributed by atoms with Crippen LogP contribution in [0.25, 0.3) is 0 Å². The average molecular weight is 239 g/mol. The Morgan fingerprint density at radius 1 is 1.44 bits per heavy atom. The van der Waals surface area contributed by atoms with Crippen molar-refractivity contribution in [2.75, 3.05) is 18.0 Å². The van der Waals surface area contributed by atoms with E-state index in [1.54, 1.807) is 0 Å². The lowest BCUT2D eigenvalue weighted by molar-refractivity contribution is 0.751. The molecule has 1 heterocycles. The molecule has 3 heteroatoms. The average Bonchev–Trinajstić information content (AvgIpc) is 2.64. The van der Waals surface area contributed by atoms with E-state index >= 15 is 0 Å². The number of halogens is 1. The third kappa shape index (κ3) is 2.33. The van der Waals surface area contributed by atoms with Crippen molar-refractivity contribution in [1.82, 2.24) is 0 Å². The Bertz CT molecular complexity index is 376. The zero-order valence-electron chi connectivity index (χ0n) is 9.91. The zero-order valence-corrected chi connectivity index (χ0v) is 10.7. The molecule has 1 saturated heterocycles. The van der Waals surface area contributed by atoms with Crippen LogP contribution in [0.4, 0.5) is 5.69 Å². The maximum atomic E-state index is 6.08. The second kappa shape index (κ2) is 4.64. The summed E-state index contributed by atoms with van der Waals surface area (Å²) < 4.78 is 0. The smallest absolute Gasteiger partial charge is 0.0426 e. The molecule has 1 fully saturated rings. The van der Waals surface area contributed by atoms with Crippen LogP contribution in [0.15, 0.2) is 18.2 Å². The molecule has 1 aliphatic heterocycles. The predicted octanol–water partition coefficient (Wildman–Crippen LogP) is 3.00. The number of nitrogens with two attached hydrogens (primary N) is 1. The first-order valence-corrected chi connectivity index (χ1v) is 6.25. The number of benzene rings is 1. The molecule has 1 aromatic carbocycles. The minimum atomic E-state index is 0.305. The van der Waals surface area contributed by atoms with Crippen LogP contribution in [-0.4, -0.2) is 19.1 Å². The minimum absolute atomic E-state index is 0.305. The Balaban J connectivity index is 2.34. The molecule has 2 N–H and O–H groups in total. The molecule has 1 aliphatic rings. The standard InChI is InChI=1S/C13H19ClN2/c1-9(2)12-4-3-10(14)7-13(12)16-6-5-11(15)8-16/h3-4,7,9,11H,5-6,8,15H2,1-2H3/t11-/m0/s1. The van der Waals surface area contributed by atoms with Crippen LogP contribution in [0.3, 0.4) is 0 Å². The number of hydrogen-bond donors (Lipinski definition) is 1. The van der Waals surface area contributed by atoms with E-state index in [0.29, 0.717) is 12.0 Å². The van der Waals surface area contributed by atoms with Gasteiger partial charge in [-0.15, -0.1) is 0 Å². The monoisotopic (exact) mass is 238 g/mol. The van der Waals surface area contributed by atoms with Crippen LogP contribution < -0.4 is 10.6 Å². The van der Waals surface area contributed by atoms with Crippen molar-refractivity contribution in [3.63, 3.8) is 0 Å². The molecule has 0 radical (unpaired) electrons. The summed E-state index contributed by atoms with van der Waals surface area (Å²) in [5.74, 6) is 0.518. The fourth-order valence-electron chi connectivity index (χ4n) is 2.29. The lowest BCUT2D eigenvalue weighted by Crippen LogP contribution is -2.27. The van der Waals surface area contributed by atoms with Gasteiger partial charge in [-0.3, -0.25) is 0 Å².